The Bertz CT molecular complexity index is 159. The van der Waals surface area contributed by atoms with E-state index < -0.39 is 0 Å². The summed E-state index contributed by atoms with van der Waals surface area (Å²) in [5.41, 5.74) is 0. The minimum atomic E-state index is 0.276. The van der Waals surface area contributed by atoms with Crippen LogP contribution in [0.25, 0.3) is 0 Å². The Morgan fingerprint density at radius 3 is 2.23 bits per heavy atom. The molecule has 1 saturated carbocycles. The average molecular weight is 200 g/mol. The third-order valence-corrected chi connectivity index (χ3v) is 4.11. The van der Waals surface area contributed by atoms with Crippen molar-refractivity contribution in [3.05, 3.63) is 0 Å². The van der Waals surface area contributed by atoms with Gasteiger partial charge in [0, 0.05) is 12.7 Å². The molecule has 0 aromatic carbocycles. The van der Waals surface area contributed by atoms with Gasteiger partial charge in [0.2, 0.25) is 0 Å². The van der Waals surface area contributed by atoms with E-state index >= 15 is 0 Å². The van der Waals surface area contributed by atoms with Gasteiger partial charge in [-0.05, 0) is 24.7 Å². The summed E-state index contributed by atoms with van der Waals surface area (Å²) in [5, 5.41) is 0.276. The highest BCUT2D eigenvalue weighted by molar-refractivity contribution is 8.13. The topological polar surface area (TPSA) is 17.1 Å². The molecule has 0 aromatic heterocycles. The van der Waals surface area contributed by atoms with Gasteiger partial charge in [0.05, 0.1) is 0 Å². The highest BCUT2D eigenvalue weighted by atomic mass is 32.2. The standard InChI is InChI=1S/C11H20OS/c1-3-10-4-6-11(7-5-10)8-13-9(2)12/h10-11H,3-8H2,1-2H3. The van der Waals surface area contributed by atoms with E-state index in [-0.39, 0.29) is 5.12 Å². The predicted octanol–water partition coefficient (Wildman–Crippen LogP) is 3.48. The van der Waals surface area contributed by atoms with Crippen LogP contribution < -0.4 is 0 Å². The average Bonchev–Trinajstić information content (AvgIpc) is 2.15. The SMILES string of the molecule is CCC1CCC(CSC(C)=O)CC1. The first-order valence-corrected chi connectivity index (χ1v) is 6.34. The minimum absolute atomic E-state index is 0.276. The van der Waals surface area contributed by atoms with Crippen LogP contribution in [0.1, 0.15) is 46.0 Å². The lowest BCUT2D eigenvalue weighted by Gasteiger charge is -2.27. The van der Waals surface area contributed by atoms with Crippen LogP contribution in [0.15, 0.2) is 0 Å². The summed E-state index contributed by atoms with van der Waals surface area (Å²) in [6, 6.07) is 0. The van der Waals surface area contributed by atoms with Gasteiger partial charge in [-0.3, -0.25) is 4.79 Å². The van der Waals surface area contributed by atoms with Gasteiger partial charge in [0.1, 0.15) is 0 Å². The Morgan fingerprint density at radius 1 is 1.23 bits per heavy atom. The van der Waals surface area contributed by atoms with Gasteiger partial charge in [-0.2, -0.15) is 0 Å². The molecule has 1 nitrogen and oxygen atoms in total. The second kappa shape index (κ2) is 5.69. The van der Waals surface area contributed by atoms with Crippen LogP contribution in [0, 0.1) is 11.8 Å². The molecular weight excluding hydrogens is 180 g/mol. The first-order valence-electron chi connectivity index (χ1n) is 5.35. The molecule has 0 bridgehead atoms. The smallest absolute Gasteiger partial charge is 0.185 e. The first kappa shape index (κ1) is 11.1. The van der Waals surface area contributed by atoms with Crippen LogP contribution in [-0.2, 0) is 4.79 Å². The maximum absolute atomic E-state index is 10.8. The van der Waals surface area contributed by atoms with Crippen LogP contribution in [0.5, 0.6) is 0 Å². The molecule has 0 amide bonds. The summed E-state index contributed by atoms with van der Waals surface area (Å²) in [6.45, 7) is 3.96. The third-order valence-electron chi connectivity index (χ3n) is 3.07. The minimum Gasteiger partial charge on any atom is -0.288 e. The van der Waals surface area contributed by atoms with E-state index in [9.17, 15) is 4.79 Å². The second-order valence-electron chi connectivity index (χ2n) is 4.10. The molecule has 1 rings (SSSR count). The predicted molar refractivity (Wildman–Crippen MR) is 58.9 cm³/mol. The molecule has 1 aliphatic rings. The van der Waals surface area contributed by atoms with Gasteiger partial charge < -0.3 is 0 Å². The van der Waals surface area contributed by atoms with Gasteiger partial charge in [-0.25, -0.2) is 0 Å². The molecular formula is C11H20OS. The fraction of sp³-hybridized carbons (Fsp3) is 0.909. The molecule has 76 valence electrons. The Kier molecular flexibility index (Phi) is 4.86. The van der Waals surface area contributed by atoms with Gasteiger partial charge in [0.25, 0.3) is 0 Å². The lowest BCUT2D eigenvalue weighted by atomic mass is 9.82. The monoisotopic (exact) mass is 200 g/mol. The highest BCUT2D eigenvalue weighted by Gasteiger charge is 2.19. The summed E-state index contributed by atoms with van der Waals surface area (Å²) >= 11 is 1.51. The van der Waals surface area contributed by atoms with Crippen LogP contribution in [0.4, 0.5) is 0 Å². The third kappa shape index (κ3) is 4.17. The zero-order valence-electron chi connectivity index (χ0n) is 8.71. The molecule has 13 heavy (non-hydrogen) atoms. The lowest BCUT2D eigenvalue weighted by Crippen LogP contribution is -2.16. The molecule has 2 heteroatoms. The van der Waals surface area contributed by atoms with Crippen molar-refractivity contribution in [2.45, 2.75) is 46.0 Å². The molecule has 0 N–H and O–H groups in total. The van der Waals surface area contributed by atoms with E-state index in [2.05, 4.69) is 6.92 Å². The zero-order valence-corrected chi connectivity index (χ0v) is 9.53. The molecule has 0 aliphatic heterocycles. The summed E-state index contributed by atoms with van der Waals surface area (Å²) in [6.07, 6.45) is 6.81. The molecule has 0 atom stereocenters. The van der Waals surface area contributed by atoms with Crippen molar-refractivity contribution < 1.29 is 4.79 Å². The fourth-order valence-corrected chi connectivity index (χ4v) is 2.85. The summed E-state index contributed by atoms with van der Waals surface area (Å²) in [7, 11) is 0. The lowest BCUT2D eigenvalue weighted by molar-refractivity contribution is -0.109. The van der Waals surface area contributed by atoms with Crippen molar-refractivity contribution >= 4 is 16.9 Å². The summed E-state index contributed by atoms with van der Waals surface area (Å²) < 4.78 is 0. The fourth-order valence-electron chi connectivity index (χ4n) is 2.04. The Labute approximate surface area is 85.7 Å². The van der Waals surface area contributed by atoms with Crippen molar-refractivity contribution in [1.29, 1.82) is 0 Å². The Morgan fingerprint density at radius 2 is 1.77 bits per heavy atom. The van der Waals surface area contributed by atoms with E-state index in [0.717, 1.165) is 17.6 Å². The van der Waals surface area contributed by atoms with Gasteiger partial charge in [0.15, 0.2) is 5.12 Å². The molecule has 0 radical (unpaired) electrons. The Hall–Kier alpha value is 0.0200. The Balaban J connectivity index is 2.14. The van der Waals surface area contributed by atoms with E-state index in [4.69, 9.17) is 0 Å². The van der Waals surface area contributed by atoms with Gasteiger partial charge >= 0.3 is 0 Å². The van der Waals surface area contributed by atoms with Crippen molar-refractivity contribution in [3.63, 3.8) is 0 Å². The quantitative estimate of drug-likeness (QED) is 0.694. The van der Waals surface area contributed by atoms with Crippen molar-refractivity contribution in [2.75, 3.05) is 5.75 Å². The number of hydrogen-bond donors (Lipinski definition) is 0. The van der Waals surface area contributed by atoms with E-state index in [0.29, 0.717) is 0 Å². The molecule has 0 aromatic rings. The van der Waals surface area contributed by atoms with Crippen LogP contribution >= 0.6 is 11.8 Å². The van der Waals surface area contributed by atoms with E-state index in [1.165, 1.54) is 43.9 Å². The number of carbonyl (C=O) groups excluding carboxylic acids is 1. The maximum atomic E-state index is 10.8. The molecule has 1 fully saturated rings. The van der Waals surface area contributed by atoms with Crippen molar-refractivity contribution in [1.82, 2.24) is 0 Å². The van der Waals surface area contributed by atoms with Crippen LogP contribution in [0.2, 0.25) is 0 Å². The largest absolute Gasteiger partial charge is 0.288 e. The summed E-state index contributed by atoms with van der Waals surface area (Å²) in [5.74, 6) is 2.85. The molecule has 0 spiro atoms. The van der Waals surface area contributed by atoms with Gasteiger partial charge in [-0.1, -0.05) is 37.9 Å². The number of hydrogen-bond acceptors (Lipinski definition) is 2. The van der Waals surface area contributed by atoms with E-state index in [1.807, 2.05) is 0 Å². The van der Waals surface area contributed by atoms with Crippen LogP contribution in [-0.4, -0.2) is 10.9 Å². The zero-order chi connectivity index (χ0) is 9.68. The molecule has 1 aliphatic carbocycles. The first-order chi connectivity index (χ1) is 6.22. The number of thioether (sulfide) groups is 1. The van der Waals surface area contributed by atoms with Gasteiger partial charge in [-0.15, -0.1) is 0 Å². The number of carbonyl (C=O) groups is 1. The molecule has 0 heterocycles. The molecule has 0 unspecified atom stereocenters. The van der Waals surface area contributed by atoms with Crippen LogP contribution in [0.3, 0.4) is 0 Å². The number of rotatable bonds is 3. The normalized spacial score (nSPS) is 28.8. The second-order valence-corrected chi connectivity index (χ2v) is 5.29. The summed E-state index contributed by atoms with van der Waals surface area (Å²) in [4.78, 5) is 10.8. The molecule has 0 saturated heterocycles. The highest BCUT2D eigenvalue weighted by Crippen LogP contribution is 2.32. The maximum Gasteiger partial charge on any atom is 0.185 e. The van der Waals surface area contributed by atoms with E-state index in [1.54, 1.807) is 6.92 Å². The van der Waals surface area contributed by atoms with Crippen molar-refractivity contribution in [3.8, 4) is 0 Å². The van der Waals surface area contributed by atoms with Crippen molar-refractivity contribution in [2.24, 2.45) is 11.8 Å².